The number of halogens is 4. The number of alkyl halides is 3. The Bertz CT molecular complexity index is 490. The lowest BCUT2D eigenvalue weighted by Gasteiger charge is -2.11. The molecule has 5 heteroatoms. The van der Waals surface area contributed by atoms with Gasteiger partial charge in [0.25, 0.3) is 0 Å². The van der Waals surface area contributed by atoms with E-state index >= 15 is 0 Å². The Morgan fingerprint density at radius 2 is 1.95 bits per heavy atom. The van der Waals surface area contributed by atoms with Crippen LogP contribution in [0.15, 0.2) is 23.8 Å². The van der Waals surface area contributed by atoms with Crippen molar-refractivity contribution >= 4 is 6.08 Å². The highest BCUT2D eigenvalue weighted by Gasteiger charge is 2.34. The lowest BCUT2D eigenvalue weighted by molar-refractivity contribution is -0.140. The molecule has 0 saturated heterocycles. The molecule has 0 aliphatic heterocycles. The van der Waals surface area contributed by atoms with Crippen molar-refractivity contribution in [1.82, 2.24) is 5.32 Å². The fourth-order valence-corrected chi connectivity index (χ4v) is 1.89. The van der Waals surface area contributed by atoms with Crippen molar-refractivity contribution in [3.05, 3.63) is 40.7 Å². The van der Waals surface area contributed by atoms with Crippen LogP contribution in [0.25, 0.3) is 6.08 Å². The molecule has 21 heavy (non-hydrogen) atoms. The second-order valence-corrected chi connectivity index (χ2v) is 5.42. The first-order chi connectivity index (χ1) is 9.74. The van der Waals surface area contributed by atoms with E-state index in [1.165, 1.54) is 6.07 Å². The number of hydrogen-bond acceptors (Lipinski definition) is 1. The van der Waals surface area contributed by atoms with Gasteiger partial charge in [-0.3, -0.25) is 0 Å². The Kier molecular flexibility index (Phi) is 6.40. The van der Waals surface area contributed by atoms with Gasteiger partial charge in [-0.05, 0) is 36.6 Å². The van der Waals surface area contributed by atoms with Gasteiger partial charge in [-0.1, -0.05) is 38.5 Å². The Morgan fingerprint density at radius 1 is 1.29 bits per heavy atom. The van der Waals surface area contributed by atoms with Crippen molar-refractivity contribution in [2.75, 3.05) is 13.1 Å². The lowest BCUT2D eigenvalue weighted by atomic mass is 10.1. The molecule has 0 aromatic heterocycles. The molecule has 0 saturated carbocycles. The average Bonchev–Trinajstić information content (AvgIpc) is 2.37. The molecule has 0 spiro atoms. The highest BCUT2D eigenvalue weighted by Crippen LogP contribution is 2.32. The summed E-state index contributed by atoms with van der Waals surface area (Å²) in [6.45, 7) is 7.56. The van der Waals surface area contributed by atoms with E-state index in [4.69, 9.17) is 0 Å². The van der Waals surface area contributed by atoms with Crippen LogP contribution in [-0.2, 0) is 6.18 Å². The van der Waals surface area contributed by atoms with Crippen LogP contribution in [0.5, 0.6) is 0 Å². The molecular formula is C16H21F4N. The molecular weight excluding hydrogens is 282 g/mol. The molecule has 0 radical (unpaired) electrons. The van der Waals surface area contributed by atoms with Crippen molar-refractivity contribution in [1.29, 1.82) is 0 Å². The second-order valence-electron chi connectivity index (χ2n) is 5.42. The van der Waals surface area contributed by atoms with Gasteiger partial charge in [0.1, 0.15) is 5.82 Å². The zero-order valence-corrected chi connectivity index (χ0v) is 12.5. The first-order valence-electron chi connectivity index (χ1n) is 7.01. The molecule has 0 unspecified atom stereocenters. The molecule has 0 atom stereocenters. The number of rotatable bonds is 6. The third kappa shape index (κ3) is 5.87. The van der Waals surface area contributed by atoms with E-state index in [0.717, 1.165) is 30.7 Å². The van der Waals surface area contributed by atoms with E-state index in [2.05, 4.69) is 19.2 Å². The van der Waals surface area contributed by atoms with Gasteiger partial charge in [-0.15, -0.1) is 0 Å². The normalized spacial score (nSPS) is 13.0. The fraction of sp³-hybridized carbons (Fsp3) is 0.500. The molecule has 0 aliphatic rings. The molecule has 0 aliphatic carbocycles. The molecule has 0 heterocycles. The summed E-state index contributed by atoms with van der Waals surface area (Å²) in [5.74, 6) is -0.735. The Morgan fingerprint density at radius 3 is 2.48 bits per heavy atom. The maximum absolute atomic E-state index is 13.2. The van der Waals surface area contributed by atoms with Gasteiger partial charge in [0.05, 0.1) is 5.56 Å². The van der Waals surface area contributed by atoms with E-state index in [0.29, 0.717) is 18.0 Å². The van der Waals surface area contributed by atoms with E-state index in [-0.39, 0.29) is 0 Å². The van der Waals surface area contributed by atoms with E-state index in [1.807, 2.05) is 6.92 Å². The summed E-state index contributed by atoms with van der Waals surface area (Å²) in [6.07, 6.45) is -2.26. The molecule has 0 amide bonds. The largest absolute Gasteiger partial charge is 0.419 e. The maximum atomic E-state index is 13.2. The summed E-state index contributed by atoms with van der Waals surface area (Å²) in [6, 6.07) is 3.08. The lowest BCUT2D eigenvalue weighted by Crippen LogP contribution is -2.21. The highest BCUT2D eigenvalue weighted by atomic mass is 19.4. The minimum absolute atomic E-state index is 0.368. The Balaban J connectivity index is 2.91. The predicted octanol–water partition coefficient (Wildman–Crippen LogP) is 4.88. The second kappa shape index (κ2) is 7.59. The number of hydrogen-bond donors (Lipinski definition) is 1. The summed E-state index contributed by atoms with van der Waals surface area (Å²) in [5.41, 5.74) is 0.129. The average molecular weight is 303 g/mol. The van der Waals surface area contributed by atoms with Crippen molar-refractivity contribution in [3.8, 4) is 0 Å². The van der Waals surface area contributed by atoms with Gasteiger partial charge in [0.15, 0.2) is 0 Å². The van der Waals surface area contributed by atoms with Crippen LogP contribution in [0.4, 0.5) is 17.6 Å². The fourth-order valence-electron chi connectivity index (χ4n) is 1.89. The van der Waals surface area contributed by atoms with Gasteiger partial charge >= 0.3 is 6.18 Å². The third-order valence-electron chi connectivity index (χ3n) is 3.03. The summed E-state index contributed by atoms with van der Waals surface area (Å²) < 4.78 is 51.2. The van der Waals surface area contributed by atoms with Gasteiger partial charge in [0.2, 0.25) is 0 Å². The van der Waals surface area contributed by atoms with Crippen molar-refractivity contribution in [2.45, 2.75) is 33.4 Å². The number of nitrogens with one attached hydrogen (secondary N) is 1. The standard InChI is InChI=1S/C16H21F4N/c1-4-12(10-21-9-11(2)3)7-13-5-6-15(17)14(8-13)16(18,19)20/h5-8,11,21H,4,9-10H2,1-3H3/b12-7-. The van der Waals surface area contributed by atoms with Crippen LogP contribution in [0.1, 0.15) is 38.3 Å². The van der Waals surface area contributed by atoms with Gasteiger partial charge in [-0.2, -0.15) is 13.2 Å². The van der Waals surface area contributed by atoms with E-state index < -0.39 is 17.6 Å². The molecule has 1 rings (SSSR count). The highest BCUT2D eigenvalue weighted by molar-refractivity contribution is 5.54. The molecule has 1 aromatic carbocycles. The van der Waals surface area contributed by atoms with Crippen LogP contribution in [0.3, 0.4) is 0 Å². The SMILES string of the molecule is CC/C(=C/c1ccc(F)c(C(F)(F)F)c1)CNCC(C)C. The third-order valence-corrected chi connectivity index (χ3v) is 3.03. The first kappa shape index (κ1) is 17.7. The summed E-state index contributed by atoms with van der Waals surface area (Å²) in [5, 5.41) is 3.25. The van der Waals surface area contributed by atoms with Crippen LogP contribution < -0.4 is 5.32 Å². The molecule has 1 nitrogen and oxygen atoms in total. The van der Waals surface area contributed by atoms with Crippen molar-refractivity contribution in [3.63, 3.8) is 0 Å². The van der Waals surface area contributed by atoms with Gasteiger partial charge < -0.3 is 5.32 Å². The van der Waals surface area contributed by atoms with Crippen LogP contribution in [-0.4, -0.2) is 13.1 Å². The molecule has 0 bridgehead atoms. The summed E-state index contributed by atoms with van der Waals surface area (Å²) in [4.78, 5) is 0. The van der Waals surface area contributed by atoms with Crippen molar-refractivity contribution < 1.29 is 17.6 Å². The zero-order chi connectivity index (χ0) is 16.0. The minimum atomic E-state index is -4.67. The summed E-state index contributed by atoms with van der Waals surface area (Å²) in [7, 11) is 0. The van der Waals surface area contributed by atoms with E-state index in [1.54, 1.807) is 6.08 Å². The topological polar surface area (TPSA) is 12.0 Å². The van der Waals surface area contributed by atoms with Gasteiger partial charge in [-0.25, -0.2) is 4.39 Å². The first-order valence-corrected chi connectivity index (χ1v) is 7.01. The zero-order valence-electron chi connectivity index (χ0n) is 12.5. The maximum Gasteiger partial charge on any atom is 0.419 e. The van der Waals surface area contributed by atoms with Crippen molar-refractivity contribution in [2.24, 2.45) is 5.92 Å². The van der Waals surface area contributed by atoms with Crippen LogP contribution >= 0.6 is 0 Å². The minimum Gasteiger partial charge on any atom is -0.313 e. The van der Waals surface area contributed by atoms with Gasteiger partial charge in [0, 0.05) is 6.54 Å². The Hall–Kier alpha value is -1.36. The quantitative estimate of drug-likeness (QED) is 0.738. The molecule has 0 fully saturated rings. The predicted molar refractivity (Wildman–Crippen MR) is 77.4 cm³/mol. The number of benzene rings is 1. The van der Waals surface area contributed by atoms with Crippen LogP contribution in [0, 0.1) is 11.7 Å². The monoisotopic (exact) mass is 303 g/mol. The molecule has 118 valence electrons. The summed E-state index contributed by atoms with van der Waals surface area (Å²) >= 11 is 0. The smallest absolute Gasteiger partial charge is 0.313 e. The Labute approximate surface area is 123 Å². The van der Waals surface area contributed by atoms with E-state index in [9.17, 15) is 17.6 Å². The van der Waals surface area contributed by atoms with Crippen LogP contribution in [0.2, 0.25) is 0 Å². The molecule has 1 aromatic rings. The molecule has 1 N–H and O–H groups in total.